The lowest BCUT2D eigenvalue weighted by Gasteiger charge is -2.15. The van der Waals surface area contributed by atoms with E-state index in [9.17, 15) is 22.8 Å². The number of aromatic nitrogens is 4. The maximum atomic E-state index is 13.5. The van der Waals surface area contributed by atoms with Crippen LogP contribution < -0.4 is 20.7 Å². The van der Waals surface area contributed by atoms with Crippen molar-refractivity contribution in [3.63, 3.8) is 0 Å². The summed E-state index contributed by atoms with van der Waals surface area (Å²) in [5.74, 6) is 0.0844. The molecule has 10 nitrogen and oxygen atoms in total. The lowest BCUT2D eigenvalue weighted by Crippen LogP contribution is -2.21. The Hall–Kier alpha value is -5.07. The number of ether oxygens (including phenoxy) is 1. The first-order chi connectivity index (χ1) is 20.0. The van der Waals surface area contributed by atoms with Crippen LogP contribution in [0.2, 0.25) is 0 Å². The quantitative estimate of drug-likeness (QED) is 0.317. The van der Waals surface area contributed by atoms with E-state index in [2.05, 4.69) is 25.3 Å². The predicted molar refractivity (Wildman–Crippen MR) is 148 cm³/mol. The Morgan fingerprint density at radius 1 is 1.05 bits per heavy atom. The Labute approximate surface area is 238 Å². The molecule has 13 heteroatoms. The smallest absolute Gasteiger partial charge is 0.416 e. The molecule has 2 amide bonds. The molecule has 1 aliphatic heterocycles. The zero-order chi connectivity index (χ0) is 30.0. The number of hydrogen-bond donors (Lipinski definition) is 2. The van der Waals surface area contributed by atoms with Gasteiger partial charge < -0.3 is 20.7 Å². The Morgan fingerprint density at radius 3 is 2.36 bits per heavy atom. The highest BCUT2D eigenvalue weighted by atomic mass is 19.4. The number of anilines is 1. The van der Waals surface area contributed by atoms with Gasteiger partial charge >= 0.3 is 6.18 Å². The number of nitrogens with two attached hydrogens (primary N) is 1. The van der Waals surface area contributed by atoms with Crippen LogP contribution in [0.25, 0.3) is 22.5 Å². The second-order valence-corrected chi connectivity index (χ2v) is 9.91. The first-order valence-corrected chi connectivity index (χ1v) is 12.9. The summed E-state index contributed by atoms with van der Waals surface area (Å²) < 4.78 is 46.5. The van der Waals surface area contributed by atoms with Crippen molar-refractivity contribution < 1.29 is 27.5 Å². The van der Waals surface area contributed by atoms with Crippen molar-refractivity contribution in [2.45, 2.75) is 19.0 Å². The number of amides is 2. The fourth-order valence-corrected chi connectivity index (χ4v) is 4.46. The Kier molecular flexibility index (Phi) is 7.74. The monoisotopic (exact) mass is 577 g/mol. The van der Waals surface area contributed by atoms with Gasteiger partial charge in [0.05, 0.1) is 5.56 Å². The molecular weight excluding hydrogens is 551 g/mol. The molecule has 1 atom stereocenters. The number of alkyl halides is 3. The van der Waals surface area contributed by atoms with Gasteiger partial charge in [-0.2, -0.15) is 13.2 Å². The van der Waals surface area contributed by atoms with Gasteiger partial charge in [-0.25, -0.2) is 19.9 Å². The molecule has 1 fully saturated rings. The third-order valence-electron chi connectivity index (χ3n) is 6.65. The number of benzene rings is 2. The molecular formula is C29H26F3N7O3. The Balaban J connectivity index is 1.44. The highest BCUT2D eigenvalue weighted by molar-refractivity contribution is 5.91. The first-order valence-electron chi connectivity index (χ1n) is 12.9. The molecule has 3 N–H and O–H groups in total. The van der Waals surface area contributed by atoms with E-state index < -0.39 is 17.6 Å². The highest BCUT2D eigenvalue weighted by Gasteiger charge is 2.31. The van der Waals surface area contributed by atoms with E-state index in [1.54, 1.807) is 43.3 Å². The molecule has 2 aromatic heterocycles. The van der Waals surface area contributed by atoms with E-state index in [1.165, 1.54) is 24.5 Å². The third-order valence-corrected chi connectivity index (χ3v) is 6.65. The lowest BCUT2D eigenvalue weighted by atomic mass is 10.0. The van der Waals surface area contributed by atoms with Crippen molar-refractivity contribution in [3.8, 4) is 34.0 Å². The molecule has 2 aromatic carbocycles. The molecule has 4 aromatic rings. The first kappa shape index (κ1) is 28.5. The zero-order valence-corrected chi connectivity index (χ0v) is 22.6. The predicted octanol–water partition coefficient (Wildman–Crippen LogP) is 4.26. The summed E-state index contributed by atoms with van der Waals surface area (Å²) >= 11 is 0. The number of halogens is 3. The lowest BCUT2D eigenvalue weighted by molar-refractivity contribution is -0.137. The SMILES string of the molecule is CN(C)c1ncc(-c2cc(C(F)(F)F)ccc2Oc2ccc(-c3nc(C[C@H]4CCNC4=O)cc(C(N)=O)n3)cc2)cn1. The topological polar surface area (TPSA) is 136 Å². The van der Waals surface area contributed by atoms with Crippen molar-refractivity contribution in [1.29, 1.82) is 0 Å². The maximum Gasteiger partial charge on any atom is 0.416 e. The van der Waals surface area contributed by atoms with Crippen LogP contribution in [-0.2, 0) is 17.4 Å². The van der Waals surface area contributed by atoms with Crippen molar-refractivity contribution in [2.75, 3.05) is 25.5 Å². The zero-order valence-electron chi connectivity index (χ0n) is 22.6. The molecule has 0 saturated carbocycles. The summed E-state index contributed by atoms with van der Waals surface area (Å²) in [4.78, 5) is 42.9. The normalized spacial score (nSPS) is 14.9. The van der Waals surface area contributed by atoms with Crippen molar-refractivity contribution in [1.82, 2.24) is 25.3 Å². The number of rotatable bonds is 8. The summed E-state index contributed by atoms with van der Waals surface area (Å²) in [6.07, 6.45) is -0.695. The Morgan fingerprint density at radius 2 is 1.76 bits per heavy atom. The molecule has 5 rings (SSSR count). The summed E-state index contributed by atoms with van der Waals surface area (Å²) in [5, 5.41) is 2.78. The van der Waals surface area contributed by atoms with Crippen LogP contribution in [0.5, 0.6) is 11.5 Å². The molecule has 0 bridgehead atoms. The van der Waals surface area contributed by atoms with Crippen LogP contribution >= 0.6 is 0 Å². The number of nitrogens with zero attached hydrogens (tertiary/aromatic N) is 5. The van der Waals surface area contributed by atoms with E-state index >= 15 is 0 Å². The van der Waals surface area contributed by atoms with Crippen molar-refractivity contribution >= 4 is 17.8 Å². The molecule has 3 heterocycles. The fraction of sp³-hybridized carbons (Fsp3) is 0.241. The van der Waals surface area contributed by atoms with Gasteiger partial charge in [-0.3, -0.25) is 9.59 Å². The number of primary amides is 1. The minimum absolute atomic E-state index is 0.0191. The van der Waals surface area contributed by atoms with Gasteiger partial charge in [0.1, 0.15) is 17.2 Å². The molecule has 0 spiro atoms. The molecule has 1 saturated heterocycles. The third kappa shape index (κ3) is 6.29. The molecule has 42 heavy (non-hydrogen) atoms. The van der Waals surface area contributed by atoms with Gasteiger partial charge in [0.25, 0.3) is 5.91 Å². The Bertz CT molecular complexity index is 1630. The molecule has 216 valence electrons. The van der Waals surface area contributed by atoms with Gasteiger partial charge in [-0.05, 0) is 55.0 Å². The largest absolute Gasteiger partial charge is 0.457 e. The van der Waals surface area contributed by atoms with Crippen LogP contribution in [0.1, 0.15) is 28.2 Å². The van der Waals surface area contributed by atoms with Crippen molar-refractivity contribution in [3.05, 3.63) is 77.9 Å². The summed E-state index contributed by atoms with van der Waals surface area (Å²) in [7, 11) is 3.50. The molecule has 1 aliphatic rings. The number of carbonyl (C=O) groups excluding carboxylic acids is 2. The van der Waals surface area contributed by atoms with Gasteiger partial charge in [-0.1, -0.05) is 0 Å². The maximum absolute atomic E-state index is 13.5. The van der Waals surface area contributed by atoms with Gasteiger partial charge in [0.2, 0.25) is 11.9 Å². The van der Waals surface area contributed by atoms with Crippen LogP contribution in [0, 0.1) is 5.92 Å². The average molecular weight is 578 g/mol. The van der Waals surface area contributed by atoms with Crippen LogP contribution in [-0.4, -0.2) is 52.4 Å². The second kappa shape index (κ2) is 11.4. The van der Waals surface area contributed by atoms with Gasteiger partial charge in [0.15, 0.2) is 5.82 Å². The molecule has 0 aliphatic carbocycles. The van der Waals surface area contributed by atoms with E-state index in [4.69, 9.17) is 10.5 Å². The van der Waals surface area contributed by atoms with E-state index in [1.807, 2.05) is 0 Å². The van der Waals surface area contributed by atoms with E-state index in [0.717, 1.165) is 12.1 Å². The number of carbonyl (C=O) groups is 2. The molecule has 0 unspecified atom stereocenters. The van der Waals surface area contributed by atoms with E-state index in [-0.39, 0.29) is 34.7 Å². The number of hydrogen-bond acceptors (Lipinski definition) is 8. The summed E-state index contributed by atoms with van der Waals surface area (Å²) in [6, 6.07) is 11.2. The average Bonchev–Trinajstić information content (AvgIpc) is 3.36. The number of nitrogens with one attached hydrogen (secondary N) is 1. The summed E-state index contributed by atoms with van der Waals surface area (Å²) in [5.41, 5.74) is 6.23. The minimum atomic E-state index is -4.56. The standard InChI is InChI=1S/C29H26F3N7O3/c1-39(2)28-35-14-18(15-36-28)22-12-19(29(30,31)32)5-8-24(22)42-21-6-3-16(4-7-21)26-37-20(13-23(38-26)25(33)40)11-17-9-10-34-27(17)41/h3-8,12-15,17H,9-11H2,1-2H3,(H2,33,40)(H,34,41)/t17-/m1/s1. The van der Waals surface area contributed by atoms with Gasteiger partial charge in [0, 0.05) is 67.8 Å². The minimum Gasteiger partial charge on any atom is -0.457 e. The van der Waals surface area contributed by atoms with Gasteiger partial charge in [-0.15, -0.1) is 0 Å². The summed E-state index contributed by atoms with van der Waals surface area (Å²) in [6.45, 7) is 0.584. The fourth-order valence-electron chi connectivity index (χ4n) is 4.46. The van der Waals surface area contributed by atoms with Crippen molar-refractivity contribution in [2.24, 2.45) is 11.7 Å². The van der Waals surface area contributed by atoms with Crippen LogP contribution in [0.4, 0.5) is 19.1 Å². The van der Waals surface area contributed by atoms with E-state index in [0.29, 0.717) is 47.9 Å². The van der Waals surface area contributed by atoms with Crippen LogP contribution in [0.15, 0.2) is 60.9 Å². The van der Waals surface area contributed by atoms with Crippen LogP contribution in [0.3, 0.4) is 0 Å². The highest BCUT2D eigenvalue weighted by Crippen LogP contribution is 2.39. The second-order valence-electron chi connectivity index (χ2n) is 9.91. The molecule has 0 radical (unpaired) electrons.